The lowest BCUT2D eigenvalue weighted by atomic mass is 9.98. The van der Waals surface area contributed by atoms with E-state index in [2.05, 4.69) is 35.5 Å². The molecule has 0 aliphatic heterocycles. The van der Waals surface area contributed by atoms with Gasteiger partial charge in [0.05, 0.1) is 37.1 Å². The van der Waals surface area contributed by atoms with Crippen molar-refractivity contribution in [2.24, 2.45) is 5.92 Å². The first-order valence-electron chi connectivity index (χ1n) is 15.0. The van der Waals surface area contributed by atoms with Crippen molar-refractivity contribution >= 4 is 34.9 Å². The summed E-state index contributed by atoms with van der Waals surface area (Å²) in [7, 11) is 1.61. The number of nitriles is 1. The fraction of sp³-hybridized carbons (Fsp3) is 0.286. The SMILES string of the molecule is CC[C@H](C)[C@@H](CN(Cc1ccc(C(=O)O)cc1)C(=S)Nc1ccc(OC)cc1)NC(=O)Cc1cncn1Cc1ccc(C#N)cc1. The van der Waals surface area contributed by atoms with Crippen molar-refractivity contribution in [2.75, 3.05) is 19.0 Å². The lowest BCUT2D eigenvalue weighted by Gasteiger charge is -2.33. The van der Waals surface area contributed by atoms with Gasteiger partial charge in [0.25, 0.3) is 0 Å². The van der Waals surface area contributed by atoms with E-state index < -0.39 is 5.97 Å². The molecular formula is C35H38N6O4S. The molecule has 0 aliphatic rings. The molecule has 2 atom stereocenters. The van der Waals surface area contributed by atoms with E-state index in [-0.39, 0.29) is 29.9 Å². The second-order valence-corrected chi connectivity index (χ2v) is 11.5. The van der Waals surface area contributed by atoms with E-state index in [0.29, 0.717) is 30.3 Å². The molecule has 4 rings (SSSR count). The molecule has 10 nitrogen and oxygen atoms in total. The van der Waals surface area contributed by atoms with E-state index in [1.807, 2.05) is 45.9 Å². The van der Waals surface area contributed by atoms with Gasteiger partial charge >= 0.3 is 5.97 Å². The molecule has 3 aromatic carbocycles. The smallest absolute Gasteiger partial charge is 0.335 e. The number of aromatic nitrogens is 2. The minimum absolute atomic E-state index is 0.133. The second kappa shape index (κ2) is 16.2. The minimum Gasteiger partial charge on any atom is -0.497 e. The highest BCUT2D eigenvalue weighted by molar-refractivity contribution is 7.80. The van der Waals surface area contributed by atoms with Crippen molar-refractivity contribution < 1.29 is 19.4 Å². The molecule has 1 aromatic heterocycles. The quantitative estimate of drug-likeness (QED) is 0.154. The summed E-state index contributed by atoms with van der Waals surface area (Å²) >= 11 is 5.88. The molecule has 0 unspecified atom stereocenters. The summed E-state index contributed by atoms with van der Waals surface area (Å²) in [6.07, 6.45) is 4.38. The lowest BCUT2D eigenvalue weighted by Crippen LogP contribution is -2.50. The molecule has 3 N–H and O–H groups in total. The first-order valence-corrected chi connectivity index (χ1v) is 15.4. The maximum Gasteiger partial charge on any atom is 0.335 e. The first kappa shape index (κ1) is 33.7. The molecule has 0 radical (unpaired) electrons. The third-order valence-electron chi connectivity index (χ3n) is 7.87. The number of imidazole rings is 1. The van der Waals surface area contributed by atoms with Crippen LogP contribution in [0, 0.1) is 17.2 Å². The molecule has 0 spiro atoms. The summed E-state index contributed by atoms with van der Waals surface area (Å²) in [5.41, 5.74) is 4.24. The van der Waals surface area contributed by atoms with Crippen molar-refractivity contribution in [1.29, 1.82) is 5.26 Å². The largest absolute Gasteiger partial charge is 0.497 e. The van der Waals surface area contributed by atoms with Crippen LogP contribution in [0.2, 0.25) is 0 Å². The van der Waals surface area contributed by atoms with Crippen LogP contribution < -0.4 is 15.4 Å². The number of hydrogen-bond acceptors (Lipinski definition) is 6. The number of carbonyl (C=O) groups is 2. The van der Waals surface area contributed by atoms with Crippen LogP contribution in [0.1, 0.15) is 53.0 Å². The monoisotopic (exact) mass is 638 g/mol. The molecule has 0 saturated carbocycles. The first-order chi connectivity index (χ1) is 22.2. The van der Waals surface area contributed by atoms with Crippen LogP contribution >= 0.6 is 12.2 Å². The summed E-state index contributed by atoms with van der Waals surface area (Å²) in [6, 6.07) is 23.4. The van der Waals surface area contributed by atoms with Gasteiger partial charge in [-0.2, -0.15) is 5.26 Å². The Balaban J connectivity index is 1.50. The highest BCUT2D eigenvalue weighted by atomic mass is 32.1. The number of thiocarbonyl (C=S) groups is 1. The van der Waals surface area contributed by atoms with Gasteiger partial charge in [0.15, 0.2) is 5.11 Å². The van der Waals surface area contributed by atoms with E-state index in [0.717, 1.165) is 34.7 Å². The molecule has 0 saturated heterocycles. The summed E-state index contributed by atoms with van der Waals surface area (Å²) in [6.45, 7) is 5.54. The van der Waals surface area contributed by atoms with Gasteiger partial charge in [-0.25, -0.2) is 9.78 Å². The van der Waals surface area contributed by atoms with Crippen molar-refractivity contribution in [3.05, 3.63) is 113 Å². The molecule has 46 heavy (non-hydrogen) atoms. The molecule has 1 heterocycles. The maximum absolute atomic E-state index is 13.5. The Labute approximate surface area is 274 Å². The van der Waals surface area contributed by atoms with Crippen molar-refractivity contribution in [3.63, 3.8) is 0 Å². The average molecular weight is 639 g/mol. The summed E-state index contributed by atoms with van der Waals surface area (Å²) in [5.74, 6) is -0.262. The highest BCUT2D eigenvalue weighted by Gasteiger charge is 2.24. The van der Waals surface area contributed by atoms with Gasteiger partial charge in [-0.1, -0.05) is 44.5 Å². The number of carboxylic acid groups (broad SMARTS) is 1. The molecule has 0 fully saturated rings. The van der Waals surface area contributed by atoms with Crippen LogP contribution in [-0.2, 0) is 24.3 Å². The van der Waals surface area contributed by atoms with E-state index in [9.17, 15) is 14.7 Å². The number of rotatable bonds is 14. The number of anilines is 1. The van der Waals surface area contributed by atoms with Crippen LogP contribution in [0.25, 0.3) is 0 Å². The van der Waals surface area contributed by atoms with Crippen LogP contribution in [0.4, 0.5) is 5.69 Å². The van der Waals surface area contributed by atoms with E-state index in [4.69, 9.17) is 22.2 Å². The zero-order valence-electron chi connectivity index (χ0n) is 26.1. The number of carboxylic acids is 1. The Morgan fingerprint density at radius 1 is 1.07 bits per heavy atom. The molecule has 4 aromatic rings. The molecule has 238 valence electrons. The number of carbonyl (C=O) groups excluding carboxylic acids is 1. The average Bonchev–Trinajstić information content (AvgIpc) is 3.50. The molecule has 0 bridgehead atoms. The fourth-order valence-corrected chi connectivity index (χ4v) is 5.16. The van der Waals surface area contributed by atoms with E-state index in [1.54, 1.807) is 56.0 Å². The van der Waals surface area contributed by atoms with Gasteiger partial charge in [0, 0.05) is 43.3 Å². The number of benzene rings is 3. The maximum atomic E-state index is 13.5. The van der Waals surface area contributed by atoms with E-state index >= 15 is 0 Å². The van der Waals surface area contributed by atoms with Crippen LogP contribution in [-0.4, -0.2) is 56.2 Å². The predicted molar refractivity (Wildman–Crippen MR) is 181 cm³/mol. The summed E-state index contributed by atoms with van der Waals surface area (Å²) < 4.78 is 7.20. The molecule has 0 aliphatic carbocycles. The van der Waals surface area contributed by atoms with Gasteiger partial charge < -0.3 is 29.9 Å². The number of nitrogens with zero attached hydrogens (tertiary/aromatic N) is 4. The zero-order chi connectivity index (χ0) is 33.1. The summed E-state index contributed by atoms with van der Waals surface area (Å²) in [4.78, 5) is 31.1. The number of methoxy groups -OCH3 is 1. The van der Waals surface area contributed by atoms with Gasteiger partial charge in [-0.15, -0.1) is 0 Å². The highest BCUT2D eigenvalue weighted by Crippen LogP contribution is 2.19. The standard InChI is InChI=1S/C35H38N6O4S/c1-4-24(2)32(39-33(42)17-30-19-37-23-41(30)21-26-7-5-25(18-36)6-8-26)22-40(20-27-9-11-28(12-10-27)34(43)44)35(46)38-29-13-15-31(45-3)16-14-29/h5-16,19,23-24,32H,4,17,20-22H2,1-3H3,(H,38,46)(H,39,42)(H,43,44)/t24-,32+/m0/s1. The number of ether oxygens (including phenoxy) is 1. The Morgan fingerprint density at radius 3 is 2.35 bits per heavy atom. The predicted octanol–water partition coefficient (Wildman–Crippen LogP) is 5.48. The zero-order valence-corrected chi connectivity index (χ0v) is 27.0. The van der Waals surface area contributed by atoms with Gasteiger partial charge in [0.1, 0.15) is 5.75 Å². The van der Waals surface area contributed by atoms with Crippen LogP contribution in [0.15, 0.2) is 85.3 Å². The third-order valence-corrected chi connectivity index (χ3v) is 8.23. The number of nitrogens with one attached hydrogen (secondary N) is 2. The van der Waals surface area contributed by atoms with Crippen LogP contribution in [0.5, 0.6) is 5.75 Å². The Morgan fingerprint density at radius 2 is 1.74 bits per heavy atom. The minimum atomic E-state index is -0.988. The van der Waals surface area contributed by atoms with Gasteiger partial charge in [0.2, 0.25) is 5.91 Å². The number of hydrogen-bond donors (Lipinski definition) is 3. The Hall–Kier alpha value is -5.21. The van der Waals surface area contributed by atoms with Crippen LogP contribution in [0.3, 0.4) is 0 Å². The normalized spacial score (nSPS) is 12.0. The summed E-state index contributed by atoms with van der Waals surface area (Å²) in [5, 5.41) is 25.4. The Kier molecular flexibility index (Phi) is 11.9. The second-order valence-electron chi connectivity index (χ2n) is 11.1. The van der Waals surface area contributed by atoms with Gasteiger partial charge in [-0.05, 0) is 77.8 Å². The number of aromatic carboxylic acids is 1. The van der Waals surface area contributed by atoms with Crippen molar-refractivity contribution in [3.8, 4) is 11.8 Å². The topological polar surface area (TPSA) is 133 Å². The molecule has 11 heteroatoms. The number of amides is 1. The van der Waals surface area contributed by atoms with Crippen molar-refractivity contribution in [1.82, 2.24) is 19.8 Å². The fourth-order valence-electron chi connectivity index (χ4n) is 4.90. The lowest BCUT2D eigenvalue weighted by molar-refractivity contribution is -0.121. The third kappa shape index (κ3) is 9.39. The Bertz CT molecular complexity index is 1660. The molecule has 1 amide bonds. The van der Waals surface area contributed by atoms with Crippen molar-refractivity contribution in [2.45, 2.75) is 45.8 Å². The van der Waals surface area contributed by atoms with Gasteiger partial charge in [-0.3, -0.25) is 4.79 Å². The molecular weight excluding hydrogens is 600 g/mol. The van der Waals surface area contributed by atoms with E-state index in [1.165, 1.54) is 0 Å².